The van der Waals surface area contributed by atoms with Gasteiger partial charge in [0.1, 0.15) is 0 Å². The number of nitrogens with one attached hydrogen (secondary N) is 1. The second-order valence-electron chi connectivity index (χ2n) is 3.18. The third-order valence-electron chi connectivity index (χ3n) is 1.83. The molecule has 1 unspecified atom stereocenters. The molecule has 1 amide bonds. The van der Waals surface area contributed by atoms with Crippen LogP contribution in [-0.4, -0.2) is 23.7 Å². The van der Waals surface area contributed by atoms with Crippen molar-refractivity contribution in [2.24, 2.45) is 0 Å². The number of aliphatic hydroxyl groups excluding tert-OH is 1. The normalized spacial score (nSPS) is 12.3. The lowest BCUT2D eigenvalue weighted by molar-refractivity contribution is 0.0922. The Morgan fingerprint density at radius 1 is 1.53 bits per heavy atom. The van der Waals surface area contributed by atoms with E-state index in [1.54, 1.807) is 19.1 Å². The molecule has 82 valence electrons. The molecular weight excluding hydrogens is 237 g/mol. The molecule has 3 nitrogen and oxygen atoms in total. The van der Waals surface area contributed by atoms with Crippen molar-refractivity contribution in [3.63, 3.8) is 0 Å². The van der Waals surface area contributed by atoms with Crippen molar-refractivity contribution in [1.29, 1.82) is 0 Å². The first-order chi connectivity index (χ1) is 7.04. The lowest BCUT2D eigenvalue weighted by atomic mass is 10.2. The van der Waals surface area contributed by atoms with Gasteiger partial charge in [0.2, 0.25) is 0 Å². The molecule has 15 heavy (non-hydrogen) atoms. The van der Waals surface area contributed by atoms with Crippen LogP contribution in [0.15, 0.2) is 18.2 Å². The average Bonchev–Trinajstić information content (AvgIpc) is 2.17. The van der Waals surface area contributed by atoms with Crippen molar-refractivity contribution < 1.29 is 9.90 Å². The van der Waals surface area contributed by atoms with E-state index in [1.807, 2.05) is 0 Å². The Kier molecular flexibility index (Phi) is 4.39. The first-order valence-corrected chi connectivity index (χ1v) is 5.17. The second kappa shape index (κ2) is 5.35. The van der Waals surface area contributed by atoms with Crippen LogP contribution in [0.1, 0.15) is 17.3 Å². The van der Waals surface area contributed by atoms with Gasteiger partial charge in [-0.15, -0.1) is 0 Å². The van der Waals surface area contributed by atoms with Gasteiger partial charge in [-0.1, -0.05) is 23.2 Å². The quantitative estimate of drug-likeness (QED) is 0.860. The van der Waals surface area contributed by atoms with Crippen molar-refractivity contribution in [2.75, 3.05) is 6.61 Å². The molecule has 0 aliphatic rings. The molecule has 0 saturated heterocycles. The number of aliphatic hydroxyl groups is 1. The van der Waals surface area contributed by atoms with Gasteiger partial charge in [0, 0.05) is 11.1 Å². The fraction of sp³-hybridized carbons (Fsp3) is 0.300. The predicted molar refractivity (Wildman–Crippen MR) is 60.5 cm³/mol. The maximum atomic E-state index is 11.6. The average molecular weight is 248 g/mol. The van der Waals surface area contributed by atoms with E-state index in [4.69, 9.17) is 28.3 Å². The number of rotatable bonds is 3. The molecule has 0 fully saturated rings. The molecule has 1 rings (SSSR count). The first kappa shape index (κ1) is 12.3. The van der Waals surface area contributed by atoms with Crippen LogP contribution < -0.4 is 5.32 Å². The van der Waals surface area contributed by atoms with E-state index in [1.165, 1.54) is 6.07 Å². The van der Waals surface area contributed by atoms with Gasteiger partial charge in [-0.2, -0.15) is 0 Å². The van der Waals surface area contributed by atoms with Gasteiger partial charge in [0.15, 0.2) is 0 Å². The standard InChI is InChI=1S/C10H11Cl2NO2/c1-6(5-14)13-10(15)8-3-2-7(11)4-9(8)12/h2-4,6,14H,5H2,1H3,(H,13,15). The summed E-state index contributed by atoms with van der Waals surface area (Å²) in [5, 5.41) is 12.1. The van der Waals surface area contributed by atoms with Crippen molar-refractivity contribution >= 4 is 29.1 Å². The molecule has 1 aromatic rings. The highest BCUT2D eigenvalue weighted by atomic mass is 35.5. The summed E-state index contributed by atoms with van der Waals surface area (Å²) >= 11 is 11.5. The van der Waals surface area contributed by atoms with Crippen LogP contribution in [0, 0.1) is 0 Å². The first-order valence-electron chi connectivity index (χ1n) is 4.41. The van der Waals surface area contributed by atoms with Gasteiger partial charge in [-0.25, -0.2) is 0 Å². The number of halogens is 2. The molecule has 0 heterocycles. The third-order valence-corrected chi connectivity index (χ3v) is 2.37. The van der Waals surface area contributed by atoms with Crippen molar-refractivity contribution in [3.8, 4) is 0 Å². The van der Waals surface area contributed by atoms with E-state index in [0.717, 1.165) is 0 Å². The minimum atomic E-state index is -0.321. The maximum Gasteiger partial charge on any atom is 0.253 e. The summed E-state index contributed by atoms with van der Waals surface area (Å²) < 4.78 is 0. The van der Waals surface area contributed by atoms with E-state index in [-0.39, 0.29) is 18.6 Å². The fourth-order valence-corrected chi connectivity index (χ4v) is 1.52. The summed E-state index contributed by atoms with van der Waals surface area (Å²) in [4.78, 5) is 11.6. The van der Waals surface area contributed by atoms with Gasteiger partial charge in [-0.3, -0.25) is 4.79 Å². The largest absolute Gasteiger partial charge is 0.394 e. The zero-order valence-corrected chi connectivity index (χ0v) is 9.64. The summed E-state index contributed by atoms with van der Waals surface area (Å²) in [6.07, 6.45) is 0. The topological polar surface area (TPSA) is 49.3 Å². The molecule has 1 atom stereocenters. The van der Waals surface area contributed by atoms with Gasteiger partial charge in [0.05, 0.1) is 17.2 Å². The molecular formula is C10H11Cl2NO2. The number of carbonyl (C=O) groups excluding carboxylic acids is 1. The van der Waals surface area contributed by atoms with Crippen molar-refractivity contribution in [1.82, 2.24) is 5.32 Å². The number of benzene rings is 1. The molecule has 2 N–H and O–H groups in total. The van der Waals surface area contributed by atoms with E-state index >= 15 is 0 Å². The Morgan fingerprint density at radius 3 is 2.73 bits per heavy atom. The van der Waals surface area contributed by atoms with Gasteiger partial charge in [0.25, 0.3) is 5.91 Å². The van der Waals surface area contributed by atoms with Gasteiger partial charge < -0.3 is 10.4 Å². The Labute approximate surface area is 98.0 Å². The summed E-state index contributed by atoms with van der Waals surface area (Å²) in [5.74, 6) is -0.321. The Morgan fingerprint density at radius 2 is 2.20 bits per heavy atom. The lowest BCUT2D eigenvalue weighted by Gasteiger charge is -2.11. The third kappa shape index (κ3) is 3.38. The van der Waals surface area contributed by atoms with Crippen LogP contribution in [0.3, 0.4) is 0 Å². The molecule has 0 aliphatic carbocycles. The van der Waals surface area contributed by atoms with Crippen LogP contribution in [0.2, 0.25) is 10.0 Å². The minimum absolute atomic E-state index is 0.114. The van der Waals surface area contributed by atoms with Gasteiger partial charge in [-0.05, 0) is 25.1 Å². The zero-order chi connectivity index (χ0) is 11.4. The lowest BCUT2D eigenvalue weighted by Crippen LogP contribution is -2.35. The summed E-state index contributed by atoms with van der Waals surface area (Å²) in [6, 6.07) is 4.33. The van der Waals surface area contributed by atoms with Crippen LogP contribution >= 0.6 is 23.2 Å². The minimum Gasteiger partial charge on any atom is -0.394 e. The highest BCUT2D eigenvalue weighted by Crippen LogP contribution is 2.20. The molecule has 0 bridgehead atoms. The second-order valence-corrected chi connectivity index (χ2v) is 4.02. The highest BCUT2D eigenvalue weighted by Gasteiger charge is 2.12. The van der Waals surface area contributed by atoms with E-state index < -0.39 is 0 Å². The summed E-state index contributed by atoms with van der Waals surface area (Å²) in [5.41, 5.74) is 0.348. The summed E-state index contributed by atoms with van der Waals surface area (Å²) in [7, 11) is 0. The molecule has 0 spiro atoms. The predicted octanol–water partition coefficient (Wildman–Crippen LogP) is 2.10. The fourth-order valence-electron chi connectivity index (χ4n) is 1.02. The summed E-state index contributed by atoms with van der Waals surface area (Å²) in [6.45, 7) is 1.58. The van der Waals surface area contributed by atoms with Crippen LogP contribution in [0.4, 0.5) is 0 Å². The molecule has 0 radical (unpaired) electrons. The zero-order valence-electron chi connectivity index (χ0n) is 8.13. The molecule has 5 heteroatoms. The van der Waals surface area contributed by atoms with Crippen molar-refractivity contribution in [3.05, 3.63) is 33.8 Å². The number of carbonyl (C=O) groups is 1. The Balaban J connectivity index is 2.82. The van der Waals surface area contributed by atoms with E-state index in [2.05, 4.69) is 5.32 Å². The van der Waals surface area contributed by atoms with Crippen LogP contribution in [0.5, 0.6) is 0 Å². The van der Waals surface area contributed by atoms with Crippen LogP contribution in [0.25, 0.3) is 0 Å². The number of amides is 1. The molecule has 0 aromatic heterocycles. The van der Waals surface area contributed by atoms with E-state index in [9.17, 15) is 4.79 Å². The molecule has 0 saturated carbocycles. The number of hydrogen-bond donors (Lipinski definition) is 2. The molecule has 1 aromatic carbocycles. The Bertz CT molecular complexity index is 368. The monoisotopic (exact) mass is 247 g/mol. The SMILES string of the molecule is CC(CO)NC(=O)c1ccc(Cl)cc1Cl. The van der Waals surface area contributed by atoms with Crippen LogP contribution in [-0.2, 0) is 0 Å². The van der Waals surface area contributed by atoms with Gasteiger partial charge >= 0.3 is 0 Å². The Hall–Kier alpha value is -0.770. The van der Waals surface area contributed by atoms with Crippen molar-refractivity contribution in [2.45, 2.75) is 13.0 Å². The molecule has 0 aliphatic heterocycles. The number of hydrogen-bond acceptors (Lipinski definition) is 2. The smallest absolute Gasteiger partial charge is 0.253 e. The van der Waals surface area contributed by atoms with E-state index in [0.29, 0.717) is 15.6 Å². The maximum absolute atomic E-state index is 11.6. The highest BCUT2D eigenvalue weighted by molar-refractivity contribution is 6.36.